The van der Waals surface area contributed by atoms with Gasteiger partial charge in [0.05, 0.1) is 0 Å². The molecule has 2 rings (SSSR count). The van der Waals surface area contributed by atoms with Gasteiger partial charge < -0.3 is 5.32 Å². The highest BCUT2D eigenvalue weighted by Gasteiger charge is 2.13. The Labute approximate surface area is 122 Å². The highest BCUT2D eigenvalue weighted by molar-refractivity contribution is 7.99. The van der Waals surface area contributed by atoms with Crippen molar-refractivity contribution in [2.24, 2.45) is 0 Å². The summed E-state index contributed by atoms with van der Waals surface area (Å²) >= 11 is 1.73. The minimum atomic E-state index is -0.796. The zero-order valence-electron chi connectivity index (χ0n) is 11.3. The number of benzene rings is 2. The van der Waals surface area contributed by atoms with Gasteiger partial charge in [-0.1, -0.05) is 30.3 Å². The quantitative estimate of drug-likeness (QED) is 0.625. The monoisotopic (exact) mass is 293 g/mol. The lowest BCUT2D eigenvalue weighted by Gasteiger charge is -2.15. The number of nitrogens with one attached hydrogen (secondary N) is 1. The Morgan fingerprint density at radius 1 is 1.05 bits per heavy atom. The highest BCUT2D eigenvalue weighted by Crippen LogP contribution is 2.20. The molecule has 0 spiro atoms. The fourth-order valence-corrected chi connectivity index (χ4v) is 2.73. The molecule has 1 unspecified atom stereocenters. The van der Waals surface area contributed by atoms with Crippen molar-refractivity contribution < 1.29 is 8.78 Å². The van der Waals surface area contributed by atoms with E-state index in [1.165, 1.54) is 11.0 Å². The van der Waals surface area contributed by atoms with E-state index in [2.05, 4.69) is 17.4 Å². The van der Waals surface area contributed by atoms with Gasteiger partial charge >= 0.3 is 0 Å². The molecule has 0 fully saturated rings. The Hall–Kier alpha value is -1.39. The highest BCUT2D eigenvalue weighted by atomic mass is 32.2. The molecule has 0 bridgehead atoms. The van der Waals surface area contributed by atoms with Crippen molar-refractivity contribution in [1.29, 1.82) is 0 Å². The molecule has 0 amide bonds. The van der Waals surface area contributed by atoms with Gasteiger partial charge in [0, 0.05) is 28.8 Å². The van der Waals surface area contributed by atoms with Crippen LogP contribution in [-0.2, 0) is 0 Å². The first-order valence-electron chi connectivity index (χ1n) is 6.53. The SMILES string of the molecule is CC(NCCSc1ccccc1)c1cccc(F)c1F. The molecule has 2 aromatic rings. The maximum atomic E-state index is 13.6. The lowest BCUT2D eigenvalue weighted by Crippen LogP contribution is -2.22. The molecule has 0 heterocycles. The summed E-state index contributed by atoms with van der Waals surface area (Å²) in [5.41, 5.74) is 0.370. The van der Waals surface area contributed by atoms with Crippen LogP contribution in [0.4, 0.5) is 8.78 Å². The van der Waals surface area contributed by atoms with Crippen molar-refractivity contribution in [1.82, 2.24) is 5.32 Å². The number of halogens is 2. The molecule has 20 heavy (non-hydrogen) atoms. The standard InChI is InChI=1S/C16H17F2NS/c1-12(14-8-5-9-15(17)16(14)18)19-10-11-20-13-6-3-2-4-7-13/h2-9,12,19H,10-11H2,1H3. The second-order valence-electron chi connectivity index (χ2n) is 4.48. The smallest absolute Gasteiger partial charge is 0.163 e. The summed E-state index contributed by atoms with van der Waals surface area (Å²) in [6, 6.07) is 14.2. The summed E-state index contributed by atoms with van der Waals surface area (Å²) in [6.07, 6.45) is 0. The molecule has 1 nitrogen and oxygen atoms in total. The van der Waals surface area contributed by atoms with E-state index in [0.717, 1.165) is 18.4 Å². The van der Waals surface area contributed by atoms with Crippen LogP contribution in [0.15, 0.2) is 53.4 Å². The molecule has 0 aromatic heterocycles. The molecule has 0 aliphatic heterocycles. The third kappa shape index (κ3) is 4.05. The van der Waals surface area contributed by atoms with Gasteiger partial charge in [-0.05, 0) is 25.1 Å². The molecule has 0 saturated heterocycles. The maximum absolute atomic E-state index is 13.6. The van der Waals surface area contributed by atoms with Crippen molar-refractivity contribution >= 4 is 11.8 Å². The largest absolute Gasteiger partial charge is 0.309 e. The van der Waals surface area contributed by atoms with Crippen LogP contribution in [0.25, 0.3) is 0 Å². The van der Waals surface area contributed by atoms with Crippen molar-refractivity contribution in [2.45, 2.75) is 17.9 Å². The average Bonchev–Trinajstić information content (AvgIpc) is 2.47. The first-order chi connectivity index (χ1) is 9.68. The molecular weight excluding hydrogens is 276 g/mol. The zero-order valence-corrected chi connectivity index (χ0v) is 12.1. The van der Waals surface area contributed by atoms with Gasteiger partial charge in [0.1, 0.15) is 0 Å². The van der Waals surface area contributed by atoms with Gasteiger partial charge in [0.15, 0.2) is 11.6 Å². The van der Waals surface area contributed by atoms with Crippen LogP contribution in [0.1, 0.15) is 18.5 Å². The fraction of sp³-hybridized carbons (Fsp3) is 0.250. The maximum Gasteiger partial charge on any atom is 0.163 e. The van der Waals surface area contributed by atoms with Gasteiger partial charge in [-0.15, -0.1) is 11.8 Å². The predicted molar refractivity (Wildman–Crippen MR) is 79.9 cm³/mol. The summed E-state index contributed by atoms with van der Waals surface area (Å²) in [5, 5.41) is 3.21. The van der Waals surface area contributed by atoms with E-state index in [0.29, 0.717) is 5.56 Å². The molecule has 4 heteroatoms. The fourth-order valence-electron chi connectivity index (χ4n) is 1.93. The predicted octanol–water partition coefficient (Wildman–Crippen LogP) is 4.41. The minimum absolute atomic E-state index is 0.206. The molecule has 1 N–H and O–H groups in total. The van der Waals surface area contributed by atoms with E-state index in [1.54, 1.807) is 17.8 Å². The van der Waals surface area contributed by atoms with Crippen LogP contribution >= 0.6 is 11.8 Å². The molecular formula is C16H17F2NS. The van der Waals surface area contributed by atoms with Crippen molar-refractivity contribution in [2.75, 3.05) is 12.3 Å². The van der Waals surface area contributed by atoms with Gasteiger partial charge in [0.2, 0.25) is 0 Å². The second-order valence-corrected chi connectivity index (χ2v) is 5.65. The third-order valence-corrected chi connectivity index (χ3v) is 4.03. The molecule has 0 radical (unpaired) electrons. The van der Waals surface area contributed by atoms with Gasteiger partial charge in [-0.2, -0.15) is 0 Å². The molecule has 1 atom stereocenters. The number of hydrogen-bond donors (Lipinski definition) is 1. The summed E-state index contributed by atoms with van der Waals surface area (Å²) in [4.78, 5) is 1.21. The zero-order chi connectivity index (χ0) is 14.4. The molecule has 2 aromatic carbocycles. The Balaban J connectivity index is 1.81. The van der Waals surface area contributed by atoms with Crippen molar-refractivity contribution in [3.05, 3.63) is 65.7 Å². The first kappa shape index (κ1) is 15.0. The number of rotatable bonds is 6. The van der Waals surface area contributed by atoms with Crippen LogP contribution < -0.4 is 5.32 Å². The van der Waals surface area contributed by atoms with E-state index < -0.39 is 11.6 Å². The van der Waals surface area contributed by atoms with Crippen LogP contribution in [0, 0.1) is 11.6 Å². The van der Waals surface area contributed by atoms with Gasteiger partial charge in [-0.3, -0.25) is 0 Å². The summed E-state index contributed by atoms with van der Waals surface area (Å²) in [5.74, 6) is -0.677. The molecule has 0 aliphatic carbocycles. The van der Waals surface area contributed by atoms with Crippen molar-refractivity contribution in [3.8, 4) is 0 Å². The van der Waals surface area contributed by atoms with Crippen LogP contribution in [0.2, 0.25) is 0 Å². The Morgan fingerprint density at radius 2 is 1.80 bits per heavy atom. The van der Waals surface area contributed by atoms with E-state index in [9.17, 15) is 8.78 Å². The minimum Gasteiger partial charge on any atom is -0.309 e. The Morgan fingerprint density at radius 3 is 2.55 bits per heavy atom. The van der Waals surface area contributed by atoms with E-state index in [1.807, 2.05) is 25.1 Å². The van der Waals surface area contributed by atoms with Gasteiger partial charge in [-0.25, -0.2) is 8.78 Å². The Bertz CT molecular complexity index is 545. The van der Waals surface area contributed by atoms with Crippen LogP contribution in [0.5, 0.6) is 0 Å². The van der Waals surface area contributed by atoms with E-state index in [-0.39, 0.29) is 6.04 Å². The average molecular weight is 293 g/mol. The lowest BCUT2D eigenvalue weighted by atomic mass is 10.1. The normalized spacial score (nSPS) is 12.3. The number of hydrogen-bond acceptors (Lipinski definition) is 2. The lowest BCUT2D eigenvalue weighted by molar-refractivity contribution is 0.477. The van der Waals surface area contributed by atoms with Crippen molar-refractivity contribution in [3.63, 3.8) is 0 Å². The summed E-state index contributed by atoms with van der Waals surface area (Å²) in [6.45, 7) is 2.57. The topological polar surface area (TPSA) is 12.0 Å². The molecule has 0 saturated carbocycles. The van der Waals surface area contributed by atoms with E-state index in [4.69, 9.17) is 0 Å². The van der Waals surface area contributed by atoms with Crippen LogP contribution in [0.3, 0.4) is 0 Å². The molecule has 106 valence electrons. The number of thioether (sulfide) groups is 1. The Kier molecular flexibility index (Phi) is 5.56. The van der Waals surface area contributed by atoms with Crippen LogP contribution in [-0.4, -0.2) is 12.3 Å². The second kappa shape index (κ2) is 7.41. The van der Waals surface area contributed by atoms with E-state index >= 15 is 0 Å². The first-order valence-corrected chi connectivity index (χ1v) is 7.52. The summed E-state index contributed by atoms with van der Waals surface area (Å²) in [7, 11) is 0. The third-order valence-electron chi connectivity index (χ3n) is 3.01. The summed E-state index contributed by atoms with van der Waals surface area (Å²) < 4.78 is 26.7. The van der Waals surface area contributed by atoms with Gasteiger partial charge in [0.25, 0.3) is 0 Å². The molecule has 0 aliphatic rings.